The molecule has 0 saturated carbocycles. The van der Waals surface area contributed by atoms with E-state index in [9.17, 15) is 4.79 Å². The summed E-state index contributed by atoms with van der Waals surface area (Å²) in [7, 11) is 0. The van der Waals surface area contributed by atoms with Crippen LogP contribution in [-0.4, -0.2) is 31.8 Å². The van der Waals surface area contributed by atoms with E-state index >= 15 is 0 Å². The molecule has 1 fully saturated rings. The maximum Gasteiger partial charge on any atom is 0.315 e. The van der Waals surface area contributed by atoms with Gasteiger partial charge in [-0.1, -0.05) is 26.0 Å². The number of hydrogen-bond acceptors (Lipinski definition) is 3. The number of nitrogens with one attached hydrogen (secondary N) is 3. The second-order valence-corrected chi connectivity index (χ2v) is 6.20. The zero-order valence-electron chi connectivity index (χ0n) is 13.5. The number of urea groups is 1. The van der Waals surface area contributed by atoms with Gasteiger partial charge in [-0.15, -0.1) is 0 Å². The topological polar surface area (TPSA) is 62.4 Å². The van der Waals surface area contributed by atoms with Crippen molar-refractivity contribution in [1.82, 2.24) is 16.0 Å². The lowest BCUT2D eigenvalue weighted by molar-refractivity contribution is 0.233. The van der Waals surface area contributed by atoms with Crippen molar-refractivity contribution in [3.05, 3.63) is 29.8 Å². The summed E-state index contributed by atoms with van der Waals surface area (Å²) in [5.41, 5.74) is 1.07. The number of piperidine rings is 1. The minimum atomic E-state index is -0.0907. The maximum atomic E-state index is 11.9. The Kier molecular flexibility index (Phi) is 6.52. The summed E-state index contributed by atoms with van der Waals surface area (Å²) in [6.07, 6.45) is 1.99. The van der Waals surface area contributed by atoms with Crippen molar-refractivity contribution in [1.29, 1.82) is 0 Å². The van der Waals surface area contributed by atoms with E-state index in [2.05, 4.69) is 29.8 Å². The number of benzene rings is 1. The largest absolute Gasteiger partial charge is 0.493 e. The van der Waals surface area contributed by atoms with Crippen LogP contribution in [0.1, 0.15) is 32.3 Å². The predicted molar refractivity (Wildman–Crippen MR) is 88.0 cm³/mol. The maximum absolute atomic E-state index is 11.9. The number of rotatable bonds is 6. The van der Waals surface area contributed by atoms with Gasteiger partial charge in [0.05, 0.1) is 6.61 Å². The highest BCUT2D eigenvalue weighted by atomic mass is 16.5. The molecule has 0 atom stereocenters. The third-order valence-electron chi connectivity index (χ3n) is 3.63. The number of carbonyl (C=O) groups is 1. The van der Waals surface area contributed by atoms with E-state index in [1.54, 1.807) is 0 Å². The van der Waals surface area contributed by atoms with Crippen LogP contribution in [0.5, 0.6) is 5.75 Å². The Morgan fingerprint density at radius 2 is 1.95 bits per heavy atom. The summed E-state index contributed by atoms with van der Waals surface area (Å²) in [4.78, 5) is 11.9. The Balaban J connectivity index is 1.70. The van der Waals surface area contributed by atoms with Gasteiger partial charge in [0.15, 0.2) is 0 Å². The molecule has 0 aliphatic carbocycles. The molecular formula is C17H27N3O2. The Labute approximate surface area is 132 Å². The second kappa shape index (κ2) is 8.63. The standard InChI is InChI=1S/C17H27N3O2/c1-13(2)12-22-16-5-3-14(4-6-16)11-19-17(21)20-15-7-9-18-10-8-15/h3-6,13,15,18H,7-12H2,1-2H3,(H2,19,20,21). The quantitative estimate of drug-likeness (QED) is 0.755. The van der Waals surface area contributed by atoms with Crippen molar-refractivity contribution < 1.29 is 9.53 Å². The van der Waals surface area contributed by atoms with Crippen LogP contribution >= 0.6 is 0 Å². The highest BCUT2D eigenvalue weighted by Gasteiger charge is 2.14. The molecule has 1 heterocycles. The van der Waals surface area contributed by atoms with Crippen molar-refractivity contribution in [2.24, 2.45) is 5.92 Å². The normalized spacial score (nSPS) is 15.6. The zero-order chi connectivity index (χ0) is 15.8. The van der Waals surface area contributed by atoms with Gasteiger partial charge in [-0.25, -0.2) is 4.79 Å². The monoisotopic (exact) mass is 305 g/mol. The number of carbonyl (C=O) groups excluding carboxylic acids is 1. The van der Waals surface area contributed by atoms with Crippen molar-refractivity contribution in [2.45, 2.75) is 39.3 Å². The van der Waals surface area contributed by atoms with E-state index in [0.29, 0.717) is 12.5 Å². The van der Waals surface area contributed by atoms with Gasteiger partial charge >= 0.3 is 6.03 Å². The van der Waals surface area contributed by atoms with Crippen molar-refractivity contribution in [2.75, 3.05) is 19.7 Å². The summed E-state index contributed by atoms with van der Waals surface area (Å²) >= 11 is 0. The molecule has 1 saturated heterocycles. The molecule has 0 radical (unpaired) electrons. The molecule has 5 nitrogen and oxygen atoms in total. The van der Waals surface area contributed by atoms with Gasteiger partial charge in [0, 0.05) is 12.6 Å². The third kappa shape index (κ3) is 5.93. The molecule has 2 amide bonds. The van der Waals surface area contributed by atoms with Crippen LogP contribution in [-0.2, 0) is 6.54 Å². The number of ether oxygens (including phenoxy) is 1. The van der Waals surface area contributed by atoms with Crippen molar-refractivity contribution in [3.63, 3.8) is 0 Å². The fourth-order valence-electron chi connectivity index (χ4n) is 2.35. The average molecular weight is 305 g/mol. The summed E-state index contributed by atoms with van der Waals surface area (Å²) in [6.45, 7) is 7.45. The fraction of sp³-hybridized carbons (Fsp3) is 0.588. The highest BCUT2D eigenvalue weighted by Crippen LogP contribution is 2.13. The van der Waals surface area contributed by atoms with E-state index < -0.39 is 0 Å². The molecule has 5 heteroatoms. The lowest BCUT2D eigenvalue weighted by Gasteiger charge is -2.23. The Hall–Kier alpha value is -1.75. The number of hydrogen-bond donors (Lipinski definition) is 3. The summed E-state index contributed by atoms with van der Waals surface area (Å²) < 4.78 is 5.64. The Morgan fingerprint density at radius 3 is 2.59 bits per heavy atom. The molecule has 1 aliphatic heterocycles. The molecule has 3 N–H and O–H groups in total. The van der Waals surface area contributed by atoms with Crippen LogP contribution < -0.4 is 20.7 Å². The first-order valence-corrected chi connectivity index (χ1v) is 8.10. The predicted octanol–water partition coefficient (Wildman–Crippen LogP) is 2.27. The van der Waals surface area contributed by atoms with Gasteiger partial charge < -0.3 is 20.7 Å². The van der Waals surface area contributed by atoms with E-state index in [0.717, 1.165) is 43.9 Å². The molecular weight excluding hydrogens is 278 g/mol. The molecule has 1 aromatic rings. The molecule has 0 aromatic heterocycles. The first-order chi connectivity index (χ1) is 10.6. The lowest BCUT2D eigenvalue weighted by Crippen LogP contribution is -2.46. The van der Waals surface area contributed by atoms with Gasteiger partial charge in [-0.3, -0.25) is 0 Å². The SMILES string of the molecule is CC(C)COc1ccc(CNC(=O)NC2CCNCC2)cc1. The van der Waals surface area contributed by atoms with E-state index in [1.807, 2.05) is 24.3 Å². The molecule has 0 spiro atoms. The zero-order valence-corrected chi connectivity index (χ0v) is 13.5. The van der Waals surface area contributed by atoms with Crippen LogP contribution in [0, 0.1) is 5.92 Å². The molecule has 22 heavy (non-hydrogen) atoms. The molecule has 2 rings (SSSR count). The van der Waals surface area contributed by atoms with Crippen LogP contribution in [0.4, 0.5) is 4.79 Å². The van der Waals surface area contributed by atoms with E-state index in [-0.39, 0.29) is 12.1 Å². The second-order valence-electron chi connectivity index (χ2n) is 6.20. The van der Waals surface area contributed by atoms with E-state index in [4.69, 9.17) is 4.74 Å². The Morgan fingerprint density at radius 1 is 1.27 bits per heavy atom. The van der Waals surface area contributed by atoms with Crippen molar-refractivity contribution >= 4 is 6.03 Å². The summed E-state index contributed by atoms with van der Waals surface area (Å²) in [6, 6.07) is 8.06. The van der Waals surface area contributed by atoms with E-state index in [1.165, 1.54) is 0 Å². The van der Waals surface area contributed by atoms with Crippen LogP contribution in [0.2, 0.25) is 0 Å². The molecule has 0 bridgehead atoms. The minimum absolute atomic E-state index is 0.0907. The molecule has 122 valence electrons. The van der Waals surface area contributed by atoms with Crippen LogP contribution in [0.15, 0.2) is 24.3 Å². The van der Waals surface area contributed by atoms with Crippen molar-refractivity contribution in [3.8, 4) is 5.75 Å². The van der Waals surface area contributed by atoms with Gasteiger partial charge in [0.25, 0.3) is 0 Å². The van der Waals surface area contributed by atoms with Crippen LogP contribution in [0.25, 0.3) is 0 Å². The highest BCUT2D eigenvalue weighted by molar-refractivity contribution is 5.74. The molecule has 1 aliphatic rings. The summed E-state index contributed by atoms with van der Waals surface area (Å²) in [5, 5.41) is 9.21. The van der Waals surface area contributed by atoms with Gasteiger partial charge in [-0.05, 0) is 49.5 Å². The Bertz CT molecular complexity index is 453. The first-order valence-electron chi connectivity index (χ1n) is 8.10. The summed E-state index contributed by atoms with van der Waals surface area (Å²) in [5.74, 6) is 1.39. The molecule has 0 unspecified atom stereocenters. The van der Waals surface area contributed by atoms with Gasteiger partial charge in [0.1, 0.15) is 5.75 Å². The minimum Gasteiger partial charge on any atom is -0.493 e. The van der Waals surface area contributed by atoms with Gasteiger partial charge in [-0.2, -0.15) is 0 Å². The average Bonchev–Trinajstić information content (AvgIpc) is 2.53. The fourth-order valence-corrected chi connectivity index (χ4v) is 2.35. The number of amides is 2. The van der Waals surface area contributed by atoms with Gasteiger partial charge in [0.2, 0.25) is 0 Å². The third-order valence-corrected chi connectivity index (χ3v) is 3.63. The molecule has 1 aromatic carbocycles. The first kappa shape index (κ1) is 16.6. The smallest absolute Gasteiger partial charge is 0.315 e. The lowest BCUT2D eigenvalue weighted by atomic mass is 10.1. The van der Waals surface area contributed by atoms with Crippen LogP contribution in [0.3, 0.4) is 0 Å².